The van der Waals surface area contributed by atoms with Crippen molar-refractivity contribution in [2.24, 2.45) is 0 Å². The molecule has 1 N–H and O–H groups in total. The van der Waals surface area contributed by atoms with Gasteiger partial charge in [-0.25, -0.2) is 0 Å². The summed E-state index contributed by atoms with van der Waals surface area (Å²) < 4.78 is 8.09. The van der Waals surface area contributed by atoms with Crippen LogP contribution in [0.1, 0.15) is 105 Å². The van der Waals surface area contributed by atoms with Gasteiger partial charge >= 0.3 is 0 Å². The number of halogens is 1. The number of hydrogen-bond donors (Lipinski definition) is 1. The minimum atomic E-state index is -0.171. The van der Waals surface area contributed by atoms with Gasteiger partial charge in [-0.3, -0.25) is 4.79 Å². The molecule has 0 fully saturated rings. The van der Waals surface area contributed by atoms with Gasteiger partial charge in [0.15, 0.2) is 12.7 Å². The Hall–Kier alpha value is -2.37. The van der Waals surface area contributed by atoms with Crippen LogP contribution in [0, 0.1) is 6.92 Å². The van der Waals surface area contributed by atoms with Crippen LogP contribution in [0.25, 0.3) is 0 Å². The minimum Gasteiger partial charge on any atom is -0.492 e. The molecule has 0 spiro atoms. The summed E-state index contributed by atoms with van der Waals surface area (Å²) >= 11 is 8.08. The molecule has 1 aromatic heterocycles. The van der Waals surface area contributed by atoms with Gasteiger partial charge < -0.3 is 10.1 Å². The second kappa shape index (κ2) is 17.3. The van der Waals surface area contributed by atoms with Crippen LogP contribution < -0.4 is 14.6 Å². The summed E-state index contributed by atoms with van der Waals surface area (Å²) in [6.45, 7) is 5.68. The van der Waals surface area contributed by atoms with Crippen molar-refractivity contribution >= 4 is 34.5 Å². The first-order valence-electron chi connectivity index (χ1n) is 14.3. The number of anilines is 1. The van der Waals surface area contributed by atoms with Crippen LogP contribution in [0.3, 0.4) is 0 Å². The van der Waals surface area contributed by atoms with Crippen molar-refractivity contribution in [2.75, 3.05) is 11.9 Å². The molecule has 0 unspecified atom stereocenters. The Morgan fingerprint density at radius 2 is 1.58 bits per heavy atom. The number of carbonyl (C=O) groups excluding carboxylic acids is 1. The Balaban J connectivity index is 1.39. The summed E-state index contributed by atoms with van der Waals surface area (Å²) in [5.41, 5.74) is 4.49. The number of thiazole rings is 1. The molecule has 0 aliphatic carbocycles. The first-order chi connectivity index (χ1) is 18.6. The van der Waals surface area contributed by atoms with Gasteiger partial charge in [0.1, 0.15) is 5.75 Å². The average molecular weight is 556 g/mol. The van der Waals surface area contributed by atoms with E-state index in [1.807, 2.05) is 24.3 Å². The van der Waals surface area contributed by atoms with E-state index in [0.717, 1.165) is 24.1 Å². The summed E-state index contributed by atoms with van der Waals surface area (Å²) in [4.78, 5) is 14.3. The average Bonchev–Trinajstić information content (AvgIpc) is 3.33. The van der Waals surface area contributed by atoms with Crippen molar-refractivity contribution in [3.63, 3.8) is 0 Å². The highest BCUT2D eigenvalue weighted by Gasteiger charge is 2.14. The Labute approximate surface area is 238 Å². The van der Waals surface area contributed by atoms with Gasteiger partial charge in [-0.15, -0.1) is 0 Å². The number of nitrogens with zero attached hydrogens (tertiary/aromatic N) is 1. The van der Waals surface area contributed by atoms with Crippen LogP contribution in [0.5, 0.6) is 5.75 Å². The van der Waals surface area contributed by atoms with Crippen LogP contribution >= 0.6 is 22.9 Å². The molecule has 6 heteroatoms. The maximum Gasteiger partial charge on any atom is 0.255 e. The number of unbranched alkanes of at least 4 members (excludes halogenated alkanes) is 11. The van der Waals surface area contributed by atoms with Crippen molar-refractivity contribution in [1.82, 2.24) is 0 Å². The summed E-state index contributed by atoms with van der Waals surface area (Å²) in [5, 5.41) is 3.60. The zero-order valence-electron chi connectivity index (χ0n) is 23.1. The van der Waals surface area contributed by atoms with Gasteiger partial charge in [0.05, 0.1) is 22.2 Å². The molecule has 3 rings (SSSR count). The topological polar surface area (TPSA) is 42.2 Å². The summed E-state index contributed by atoms with van der Waals surface area (Å²) in [6.07, 6.45) is 17.8. The first-order valence-corrected chi connectivity index (χ1v) is 15.6. The number of hydrogen-bond acceptors (Lipinski definition) is 3. The molecule has 38 heavy (non-hydrogen) atoms. The molecule has 0 saturated carbocycles. The van der Waals surface area contributed by atoms with Crippen LogP contribution in [-0.4, -0.2) is 12.5 Å². The third kappa shape index (κ3) is 10.8. The van der Waals surface area contributed by atoms with E-state index in [-0.39, 0.29) is 5.91 Å². The number of rotatable bonds is 18. The van der Waals surface area contributed by atoms with Crippen LogP contribution in [0.2, 0.25) is 5.02 Å². The highest BCUT2D eigenvalue weighted by Crippen LogP contribution is 2.27. The fourth-order valence-electron chi connectivity index (χ4n) is 4.58. The smallest absolute Gasteiger partial charge is 0.255 e. The van der Waals surface area contributed by atoms with Gasteiger partial charge in [0.2, 0.25) is 5.51 Å². The van der Waals surface area contributed by atoms with Gasteiger partial charge in [-0.1, -0.05) is 119 Å². The fraction of sp³-hybridized carbons (Fsp3) is 0.500. The quantitative estimate of drug-likeness (QED) is 0.125. The molecule has 1 amide bonds. The Morgan fingerprint density at radius 3 is 2.24 bits per heavy atom. The number of ether oxygens (including phenoxy) is 1. The maximum absolute atomic E-state index is 13.1. The molecule has 0 aliphatic heterocycles. The highest BCUT2D eigenvalue weighted by atomic mass is 35.5. The Bertz CT molecular complexity index is 1110. The molecule has 3 aromatic rings. The van der Waals surface area contributed by atoms with Crippen LogP contribution in [-0.2, 0) is 6.54 Å². The number of aryl methyl sites for hydroxylation is 1. The lowest BCUT2D eigenvalue weighted by Crippen LogP contribution is -2.31. The largest absolute Gasteiger partial charge is 0.492 e. The molecule has 0 atom stereocenters. The van der Waals surface area contributed by atoms with E-state index in [4.69, 9.17) is 16.3 Å². The second-order valence-electron chi connectivity index (χ2n) is 10.1. The molecule has 0 bridgehead atoms. The maximum atomic E-state index is 13.1. The monoisotopic (exact) mass is 555 g/mol. The zero-order chi connectivity index (χ0) is 27.0. The van der Waals surface area contributed by atoms with E-state index in [1.165, 1.54) is 69.1 Å². The number of aromatic nitrogens is 1. The van der Waals surface area contributed by atoms with Crippen LogP contribution in [0.15, 0.2) is 54.2 Å². The SMILES string of the molecule is CCCCCCCCCCCCCCOc1cc(C(=O)Nc2ccccc2C[n+]2csc(C)c2)ccc1Cl. The van der Waals surface area contributed by atoms with Gasteiger partial charge in [0, 0.05) is 11.1 Å². The third-order valence-corrected chi connectivity index (χ3v) is 7.95. The Morgan fingerprint density at radius 1 is 0.921 bits per heavy atom. The highest BCUT2D eigenvalue weighted by molar-refractivity contribution is 7.09. The summed E-state index contributed by atoms with van der Waals surface area (Å²) in [6, 6.07) is 13.1. The van der Waals surface area contributed by atoms with E-state index in [2.05, 4.69) is 35.4 Å². The summed E-state index contributed by atoms with van der Waals surface area (Å²) in [5.74, 6) is 0.399. The standard InChI is InChI=1S/C32H43ClN2O2S/c1-3-4-5-6-7-8-9-10-11-12-13-16-21-37-31-22-27(19-20-29(31)33)32(36)34-30-18-15-14-17-28(30)24-35-23-26(2)38-25-35/h14-15,17-20,22-23,25H,3-13,16,21,24H2,1-2H3/p+1. The Kier molecular flexibility index (Phi) is 13.7. The van der Waals surface area contributed by atoms with Gasteiger partial charge in [-0.05, 0) is 37.6 Å². The normalized spacial score (nSPS) is 11.0. The molecule has 206 valence electrons. The zero-order valence-corrected chi connectivity index (χ0v) is 24.7. The van der Waals surface area contributed by atoms with Crippen molar-refractivity contribution in [3.05, 3.63) is 75.2 Å². The molecule has 0 aliphatic rings. The molecule has 4 nitrogen and oxygen atoms in total. The van der Waals surface area contributed by atoms with E-state index in [0.29, 0.717) is 29.5 Å². The number of amides is 1. The number of para-hydroxylation sites is 1. The van der Waals surface area contributed by atoms with E-state index in [1.54, 1.807) is 29.5 Å². The molecule has 0 radical (unpaired) electrons. The number of benzene rings is 2. The van der Waals surface area contributed by atoms with E-state index >= 15 is 0 Å². The molecule has 2 aromatic carbocycles. The summed E-state index contributed by atoms with van der Waals surface area (Å²) in [7, 11) is 0. The molecule has 0 saturated heterocycles. The van der Waals surface area contributed by atoms with Crippen molar-refractivity contribution < 1.29 is 14.1 Å². The first kappa shape index (κ1) is 30.2. The molecular formula is C32H44ClN2O2S+. The van der Waals surface area contributed by atoms with E-state index in [9.17, 15) is 4.79 Å². The van der Waals surface area contributed by atoms with Crippen molar-refractivity contribution in [2.45, 2.75) is 97.4 Å². The molecule has 1 heterocycles. The predicted molar refractivity (Wildman–Crippen MR) is 161 cm³/mol. The fourth-order valence-corrected chi connectivity index (χ4v) is 5.39. The van der Waals surface area contributed by atoms with Crippen molar-refractivity contribution in [1.29, 1.82) is 0 Å². The predicted octanol–water partition coefficient (Wildman–Crippen LogP) is 9.38. The third-order valence-electron chi connectivity index (χ3n) is 6.79. The van der Waals surface area contributed by atoms with Crippen molar-refractivity contribution in [3.8, 4) is 5.75 Å². The lowest BCUT2D eigenvalue weighted by molar-refractivity contribution is -0.683. The molecular weight excluding hydrogens is 512 g/mol. The number of nitrogens with one attached hydrogen (secondary N) is 1. The number of carbonyl (C=O) groups is 1. The lowest BCUT2D eigenvalue weighted by Gasteiger charge is -2.12. The minimum absolute atomic E-state index is 0.171. The van der Waals surface area contributed by atoms with E-state index < -0.39 is 0 Å². The lowest BCUT2D eigenvalue weighted by atomic mass is 10.1. The van der Waals surface area contributed by atoms with Gasteiger partial charge in [-0.2, -0.15) is 4.57 Å². The van der Waals surface area contributed by atoms with Gasteiger partial charge in [0.25, 0.3) is 5.91 Å². The van der Waals surface area contributed by atoms with Crippen LogP contribution in [0.4, 0.5) is 5.69 Å². The second-order valence-corrected chi connectivity index (χ2v) is 11.6.